The second-order valence-electron chi connectivity index (χ2n) is 4.65. The van der Waals surface area contributed by atoms with E-state index in [-0.39, 0.29) is 25.4 Å². The molecule has 1 aromatic rings. The van der Waals surface area contributed by atoms with Crippen molar-refractivity contribution in [3.05, 3.63) is 29.6 Å². The third-order valence-electron chi connectivity index (χ3n) is 3.25. The van der Waals surface area contributed by atoms with Crippen molar-refractivity contribution in [3.8, 4) is 5.75 Å². The molecule has 0 radical (unpaired) electrons. The third kappa shape index (κ3) is 3.07. The summed E-state index contributed by atoms with van der Waals surface area (Å²) in [5.74, 6) is -0.423. The Bertz CT molecular complexity index is 632. The fraction of sp³-hybridized carbons (Fsp3) is 0.417. The lowest BCUT2D eigenvalue weighted by Gasteiger charge is -2.18. The molecule has 1 fully saturated rings. The zero-order chi connectivity index (χ0) is 14.9. The number of primary sulfonamides is 1. The van der Waals surface area contributed by atoms with Gasteiger partial charge in [0.25, 0.3) is 0 Å². The Hall–Kier alpha value is -1.67. The molecular weight excluding hydrogens is 287 g/mol. The highest BCUT2D eigenvalue weighted by Crippen LogP contribution is 2.24. The van der Waals surface area contributed by atoms with Gasteiger partial charge in [-0.3, -0.25) is 4.79 Å². The predicted molar refractivity (Wildman–Crippen MR) is 69.9 cm³/mol. The zero-order valence-corrected chi connectivity index (χ0v) is 11.7. The number of likely N-dealkylation sites (tertiary alicyclic amines) is 1. The molecule has 1 saturated heterocycles. The number of carbonyl (C=O) groups is 1. The molecule has 0 saturated carbocycles. The molecule has 1 aliphatic rings. The van der Waals surface area contributed by atoms with Crippen molar-refractivity contribution in [2.75, 3.05) is 13.7 Å². The van der Waals surface area contributed by atoms with E-state index in [4.69, 9.17) is 9.88 Å². The van der Waals surface area contributed by atoms with Crippen LogP contribution < -0.4 is 9.88 Å². The minimum atomic E-state index is -3.74. The molecule has 20 heavy (non-hydrogen) atoms. The molecule has 1 unspecified atom stereocenters. The van der Waals surface area contributed by atoms with Crippen LogP contribution in [0.1, 0.15) is 12.0 Å². The van der Waals surface area contributed by atoms with Gasteiger partial charge in [0.2, 0.25) is 15.9 Å². The summed E-state index contributed by atoms with van der Waals surface area (Å²) in [6, 6.07) is 3.98. The van der Waals surface area contributed by atoms with Gasteiger partial charge in [-0.1, -0.05) is 6.07 Å². The smallest absolute Gasteiger partial charge is 0.224 e. The molecule has 0 aliphatic carbocycles. The summed E-state index contributed by atoms with van der Waals surface area (Å²) >= 11 is 0. The van der Waals surface area contributed by atoms with Crippen LogP contribution in [0.25, 0.3) is 0 Å². The quantitative estimate of drug-likeness (QED) is 0.861. The van der Waals surface area contributed by atoms with Gasteiger partial charge in [-0.25, -0.2) is 17.9 Å². The van der Waals surface area contributed by atoms with Crippen LogP contribution in [-0.4, -0.2) is 38.1 Å². The van der Waals surface area contributed by atoms with Crippen LogP contribution in [0.5, 0.6) is 5.75 Å². The van der Waals surface area contributed by atoms with E-state index in [9.17, 15) is 17.6 Å². The van der Waals surface area contributed by atoms with E-state index < -0.39 is 21.1 Å². The van der Waals surface area contributed by atoms with Crippen LogP contribution in [0.15, 0.2) is 18.2 Å². The lowest BCUT2D eigenvalue weighted by Crippen LogP contribution is -2.32. The van der Waals surface area contributed by atoms with Crippen molar-refractivity contribution in [2.45, 2.75) is 18.2 Å². The van der Waals surface area contributed by atoms with Gasteiger partial charge in [-0.15, -0.1) is 0 Å². The monoisotopic (exact) mass is 302 g/mol. The lowest BCUT2D eigenvalue weighted by atomic mass is 10.2. The Labute approximate surface area is 116 Å². The second-order valence-corrected chi connectivity index (χ2v) is 6.49. The molecule has 1 heterocycles. The highest BCUT2D eigenvalue weighted by Gasteiger charge is 2.36. The maximum atomic E-state index is 13.1. The fourth-order valence-corrected chi connectivity index (χ4v) is 2.93. The van der Waals surface area contributed by atoms with Crippen molar-refractivity contribution in [1.29, 1.82) is 0 Å². The number of hydrogen-bond acceptors (Lipinski definition) is 4. The van der Waals surface area contributed by atoms with Gasteiger partial charge in [-0.05, 0) is 6.07 Å². The second kappa shape index (κ2) is 5.37. The van der Waals surface area contributed by atoms with Gasteiger partial charge in [0.05, 0.1) is 7.11 Å². The first-order valence-corrected chi connectivity index (χ1v) is 7.54. The predicted octanol–water partition coefficient (Wildman–Crippen LogP) is 0.224. The maximum absolute atomic E-state index is 13.1. The number of benzene rings is 1. The SMILES string of the molecule is COc1cc(F)ccc1CN1CC(S(N)(=O)=O)CC1=O. The van der Waals surface area contributed by atoms with Gasteiger partial charge < -0.3 is 9.64 Å². The minimum Gasteiger partial charge on any atom is -0.496 e. The topological polar surface area (TPSA) is 89.7 Å². The molecule has 1 atom stereocenters. The summed E-state index contributed by atoms with van der Waals surface area (Å²) < 4.78 is 40.7. The number of carbonyl (C=O) groups excluding carboxylic acids is 1. The number of nitrogens with zero attached hydrogens (tertiary/aromatic N) is 1. The Kier molecular flexibility index (Phi) is 3.96. The van der Waals surface area contributed by atoms with Crippen molar-refractivity contribution in [1.82, 2.24) is 4.90 Å². The Morgan fingerprint density at radius 3 is 2.75 bits per heavy atom. The minimum absolute atomic E-state index is 0.0399. The van der Waals surface area contributed by atoms with E-state index in [2.05, 4.69) is 0 Å². The highest BCUT2D eigenvalue weighted by atomic mass is 32.2. The van der Waals surface area contributed by atoms with Crippen molar-refractivity contribution < 1.29 is 22.3 Å². The summed E-state index contributed by atoms with van der Waals surface area (Å²) in [5.41, 5.74) is 0.609. The summed E-state index contributed by atoms with van der Waals surface area (Å²) in [4.78, 5) is 13.2. The van der Waals surface area contributed by atoms with Crippen molar-refractivity contribution in [2.24, 2.45) is 5.14 Å². The van der Waals surface area contributed by atoms with E-state index in [1.54, 1.807) is 0 Å². The molecule has 2 N–H and O–H groups in total. The number of amides is 1. The number of rotatable bonds is 4. The molecular formula is C12H15FN2O4S. The van der Waals surface area contributed by atoms with Crippen LogP contribution >= 0.6 is 0 Å². The summed E-state index contributed by atoms with van der Waals surface area (Å²) in [6.45, 7) is 0.201. The van der Waals surface area contributed by atoms with Crippen LogP contribution in [0.3, 0.4) is 0 Å². The summed E-state index contributed by atoms with van der Waals surface area (Å²) in [7, 11) is -2.34. The molecule has 1 amide bonds. The van der Waals surface area contributed by atoms with Gasteiger partial charge in [0.1, 0.15) is 16.8 Å². The van der Waals surface area contributed by atoms with Gasteiger partial charge in [0.15, 0.2) is 0 Å². The Morgan fingerprint density at radius 1 is 1.50 bits per heavy atom. The van der Waals surface area contributed by atoms with Crippen molar-refractivity contribution >= 4 is 15.9 Å². The molecule has 6 nitrogen and oxygen atoms in total. The van der Waals surface area contributed by atoms with E-state index in [0.29, 0.717) is 11.3 Å². The Morgan fingerprint density at radius 2 is 2.20 bits per heavy atom. The maximum Gasteiger partial charge on any atom is 0.224 e. The first-order valence-electron chi connectivity index (χ1n) is 5.93. The first kappa shape index (κ1) is 14.7. The molecule has 8 heteroatoms. The van der Waals surface area contributed by atoms with Crippen LogP contribution in [0, 0.1) is 5.82 Å². The summed E-state index contributed by atoms with van der Waals surface area (Å²) in [5, 5.41) is 4.17. The van der Waals surface area contributed by atoms with E-state index in [1.807, 2.05) is 0 Å². The van der Waals surface area contributed by atoms with E-state index >= 15 is 0 Å². The lowest BCUT2D eigenvalue weighted by molar-refractivity contribution is -0.128. The van der Waals surface area contributed by atoms with E-state index in [1.165, 1.54) is 30.2 Å². The van der Waals surface area contributed by atoms with Crippen LogP contribution in [0.2, 0.25) is 0 Å². The number of nitrogens with two attached hydrogens (primary N) is 1. The van der Waals surface area contributed by atoms with Crippen LogP contribution in [0.4, 0.5) is 4.39 Å². The molecule has 1 aromatic carbocycles. The molecule has 2 rings (SSSR count). The zero-order valence-electron chi connectivity index (χ0n) is 10.9. The van der Waals surface area contributed by atoms with E-state index in [0.717, 1.165) is 0 Å². The van der Waals surface area contributed by atoms with Gasteiger partial charge >= 0.3 is 0 Å². The Balaban J connectivity index is 2.17. The van der Waals surface area contributed by atoms with Crippen molar-refractivity contribution in [3.63, 3.8) is 0 Å². The first-order chi connectivity index (χ1) is 9.31. The normalized spacial score (nSPS) is 19.4. The number of hydrogen-bond donors (Lipinski definition) is 1. The molecule has 0 aromatic heterocycles. The fourth-order valence-electron chi connectivity index (χ4n) is 2.16. The number of methoxy groups -OCH3 is 1. The number of ether oxygens (including phenoxy) is 1. The highest BCUT2D eigenvalue weighted by molar-refractivity contribution is 7.89. The van der Waals surface area contributed by atoms with Gasteiger partial charge in [0, 0.05) is 31.1 Å². The average molecular weight is 302 g/mol. The van der Waals surface area contributed by atoms with Gasteiger partial charge in [-0.2, -0.15) is 0 Å². The molecule has 1 aliphatic heterocycles. The number of sulfonamides is 1. The molecule has 0 bridgehead atoms. The van der Waals surface area contributed by atoms with Crippen LogP contribution in [-0.2, 0) is 21.4 Å². The largest absolute Gasteiger partial charge is 0.496 e. The summed E-state index contributed by atoms with van der Waals surface area (Å²) in [6.07, 6.45) is -0.123. The standard InChI is InChI=1S/C12H15FN2O4S/c1-19-11-4-9(13)3-2-8(11)6-15-7-10(5-12(15)16)20(14,17)18/h2-4,10H,5-7H2,1H3,(H2,14,17,18). The average Bonchev–Trinajstić information content (AvgIpc) is 2.73. The number of halogens is 1. The molecule has 0 spiro atoms. The molecule has 110 valence electrons. The third-order valence-corrected chi connectivity index (χ3v) is 4.50.